The first-order valence-electron chi connectivity index (χ1n) is 9.85. The number of hydrogen-bond acceptors (Lipinski definition) is 4. The quantitative estimate of drug-likeness (QED) is 0.640. The molecule has 0 spiro atoms. The van der Waals surface area contributed by atoms with Gasteiger partial charge in [-0.15, -0.1) is 0 Å². The molecule has 2 aromatic carbocycles. The van der Waals surface area contributed by atoms with E-state index in [9.17, 15) is 18.3 Å². The van der Waals surface area contributed by atoms with Crippen molar-refractivity contribution in [3.8, 4) is 22.7 Å². The number of aromatic nitrogens is 1. The lowest BCUT2D eigenvalue weighted by atomic mass is 9.79. The van der Waals surface area contributed by atoms with Gasteiger partial charge in [0, 0.05) is 16.9 Å². The van der Waals surface area contributed by atoms with Gasteiger partial charge in [-0.3, -0.25) is 0 Å². The fraction of sp³-hybridized carbons (Fsp3) is 0.261. The van der Waals surface area contributed by atoms with Crippen molar-refractivity contribution < 1.29 is 23.1 Å². The molecule has 4 rings (SSSR count). The van der Waals surface area contributed by atoms with Crippen LogP contribution in [0.3, 0.4) is 0 Å². The van der Waals surface area contributed by atoms with Gasteiger partial charge in [-0.05, 0) is 72.9 Å². The van der Waals surface area contributed by atoms with Crippen LogP contribution >= 0.6 is 0 Å². The minimum Gasteiger partial charge on any atom is -0.493 e. The maximum absolute atomic E-state index is 11.8. The Morgan fingerprint density at radius 3 is 2.42 bits per heavy atom. The number of aromatic carboxylic acids is 1. The molecule has 2 heterocycles. The molecule has 0 bridgehead atoms. The van der Waals surface area contributed by atoms with Gasteiger partial charge in [-0.25, -0.2) is 18.4 Å². The van der Waals surface area contributed by atoms with Crippen molar-refractivity contribution in [2.45, 2.75) is 37.5 Å². The summed E-state index contributed by atoms with van der Waals surface area (Å²) in [7, 11) is -3.82. The Morgan fingerprint density at radius 2 is 1.81 bits per heavy atom. The summed E-state index contributed by atoms with van der Waals surface area (Å²) in [6.45, 7) is 6.72. The molecule has 1 aliphatic rings. The van der Waals surface area contributed by atoms with Crippen LogP contribution in [0.5, 0.6) is 5.75 Å². The number of carboxylic acids is 1. The van der Waals surface area contributed by atoms with Crippen LogP contribution in [0, 0.1) is 6.92 Å². The van der Waals surface area contributed by atoms with E-state index < -0.39 is 16.0 Å². The summed E-state index contributed by atoms with van der Waals surface area (Å²) in [6, 6.07) is 13.6. The highest BCUT2D eigenvalue weighted by molar-refractivity contribution is 7.89. The van der Waals surface area contributed by atoms with Gasteiger partial charge in [0.15, 0.2) is 0 Å². The molecule has 7 nitrogen and oxygen atoms in total. The molecular weight excluding hydrogens is 416 g/mol. The first-order valence-corrected chi connectivity index (χ1v) is 11.4. The van der Waals surface area contributed by atoms with Crippen LogP contribution in [0.4, 0.5) is 0 Å². The third kappa shape index (κ3) is 3.73. The van der Waals surface area contributed by atoms with Crippen LogP contribution in [0.2, 0.25) is 0 Å². The summed E-state index contributed by atoms with van der Waals surface area (Å²) in [5.41, 5.74) is 3.91. The molecule has 31 heavy (non-hydrogen) atoms. The first-order chi connectivity index (χ1) is 14.5. The third-order valence-corrected chi connectivity index (χ3v) is 6.82. The van der Waals surface area contributed by atoms with E-state index in [0.717, 1.165) is 23.3 Å². The molecule has 1 aromatic heterocycles. The van der Waals surface area contributed by atoms with Gasteiger partial charge >= 0.3 is 5.97 Å². The highest BCUT2D eigenvalue weighted by atomic mass is 32.2. The number of nitrogens with zero attached hydrogens (tertiary/aromatic N) is 1. The number of rotatable bonds is 4. The number of nitrogens with two attached hydrogens (primary N) is 1. The van der Waals surface area contributed by atoms with E-state index >= 15 is 0 Å². The van der Waals surface area contributed by atoms with Gasteiger partial charge in [0.25, 0.3) is 0 Å². The molecule has 162 valence electrons. The predicted molar refractivity (Wildman–Crippen MR) is 117 cm³/mol. The summed E-state index contributed by atoms with van der Waals surface area (Å²) >= 11 is 0. The monoisotopic (exact) mass is 440 g/mol. The van der Waals surface area contributed by atoms with Crippen LogP contribution in [-0.4, -0.2) is 30.7 Å². The minimum atomic E-state index is -3.82. The standard InChI is InChI=1S/C23H24N2O5S/c1-14-18(22(26)27)13-20(25(14)16-5-7-17(8-6-16)31(24,28)29)15-4-9-21-19(12-15)23(2,3)10-11-30-21/h4-9,12-13H,10-11H2,1-3H3,(H,26,27)(H2,24,28,29). The molecule has 0 saturated carbocycles. The second-order valence-corrected chi connectivity index (χ2v) is 9.96. The van der Waals surface area contributed by atoms with Gasteiger partial charge in [-0.2, -0.15) is 0 Å². The number of primary sulfonamides is 1. The number of sulfonamides is 1. The van der Waals surface area contributed by atoms with E-state index in [1.54, 1.807) is 25.1 Å². The van der Waals surface area contributed by atoms with E-state index in [4.69, 9.17) is 9.88 Å². The Morgan fingerprint density at radius 1 is 1.13 bits per heavy atom. The van der Waals surface area contributed by atoms with Crippen molar-refractivity contribution in [1.29, 1.82) is 0 Å². The molecule has 0 unspecified atom stereocenters. The van der Waals surface area contributed by atoms with Gasteiger partial charge in [0.1, 0.15) is 5.75 Å². The summed E-state index contributed by atoms with van der Waals surface area (Å²) in [5, 5.41) is 14.9. The Labute approximate surface area is 181 Å². The van der Waals surface area contributed by atoms with Gasteiger partial charge in [-0.1, -0.05) is 13.8 Å². The Hall–Kier alpha value is -3.10. The largest absolute Gasteiger partial charge is 0.493 e. The second kappa shape index (κ2) is 7.25. The van der Waals surface area contributed by atoms with E-state index in [0.29, 0.717) is 23.7 Å². The number of carbonyl (C=O) groups is 1. The summed E-state index contributed by atoms with van der Waals surface area (Å²) in [5.74, 6) is -0.189. The van der Waals surface area contributed by atoms with Crippen molar-refractivity contribution >= 4 is 16.0 Å². The fourth-order valence-electron chi connectivity index (χ4n) is 4.05. The Balaban J connectivity index is 1.92. The molecular formula is C23H24N2O5S. The van der Waals surface area contributed by atoms with Crippen LogP contribution in [0.15, 0.2) is 53.4 Å². The fourth-order valence-corrected chi connectivity index (χ4v) is 4.56. The smallest absolute Gasteiger partial charge is 0.337 e. The second-order valence-electron chi connectivity index (χ2n) is 8.40. The van der Waals surface area contributed by atoms with Crippen LogP contribution in [0.1, 0.15) is 41.9 Å². The van der Waals surface area contributed by atoms with E-state index in [2.05, 4.69) is 13.8 Å². The summed E-state index contributed by atoms with van der Waals surface area (Å²) in [6.07, 6.45) is 0.888. The molecule has 0 amide bonds. The zero-order valence-electron chi connectivity index (χ0n) is 17.5. The van der Waals surface area contributed by atoms with Crippen molar-refractivity contribution in [2.24, 2.45) is 5.14 Å². The van der Waals surface area contributed by atoms with Crippen LogP contribution in [-0.2, 0) is 15.4 Å². The summed E-state index contributed by atoms with van der Waals surface area (Å²) < 4.78 is 30.8. The first kappa shape index (κ1) is 21.1. The van der Waals surface area contributed by atoms with Crippen LogP contribution in [0.25, 0.3) is 16.9 Å². The highest BCUT2D eigenvalue weighted by Gasteiger charge is 2.29. The van der Waals surface area contributed by atoms with Crippen molar-refractivity contribution in [1.82, 2.24) is 4.57 Å². The average Bonchev–Trinajstić information content (AvgIpc) is 3.04. The molecule has 0 atom stereocenters. The van der Waals surface area contributed by atoms with E-state index in [1.165, 1.54) is 12.1 Å². The lowest BCUT2D eigenvalue weighted by Gasteiger charge is -2.32. The molecule has 3 aromatic rings. The number of benzene rings is 2. The molecule has 8 heteroatoms. The van der Waals surface area contributed by atoms with Crippen LogP contribution < -0.4 is 9.88 Å². The van der Waals surface area contributed by atoms with Gasteiger partial charge in [0.05, 0.1) is 22.8 Å². The maximum Gasteiger partial charge on any atom is 0.337 e. The lowest BCUT2D eigenvalue weighted by molar-refractivity contribution is 0.0696. The average molecular weight is 441 g/mol. The molecule has 3 N–H and O–H groups in total. The normalized spacial score (nSPS) is 15.2. The number of carboxylic acid groups (broad SMARTS) is 1. The third-order valence-electron chi connectivity index (χ3n) is 5.89. The maximum atomic E-state index is 11.8. The van der Waals surface area contributed by atoms with Crippen molar-refractivity contribution in [2.75, 3.05) is 6.61 Å². The SMILES string of the molecule is Cc1c(C(=O)O)cc(-c2ccc3c(c2)C(C)(C)CCO3)n1-c1ccc(S(N)(=O)=O)cc1. The van der Waals surface area contributed by atoms with Crippen molar-refractivity contribution in [3.05, 3.63) is 65.4 Å². The number of hydrogen-bond donors (Lipinski definition) is 2. The number of ether oxygens (including phenoxy) is 1. The van der Waals surface area contributed by atoms with E-state index in [1.807, 2.05) is 22.8 Å². The zero-order valence-corrected chi connectivity index (χ0v) is 18.4. The molecule has 0 saturated heterocycles. The predicted octanol–water partition coefficient (Wildman–Crippen LogP) is 3.86. The van der Waals surface area contributed by atoms with Gasteiger partial charge < -0.3 is 14.4 Å². The number of fused-ring (bicyclic) bond motifs is 1. The Bertz CT molecular complexity index is 1290. The minimum absolute atomic E-state index is 0.00579. The topological polar surface area (TPSA) is 112 Å². The molecule has 0 aliphatic carbocycles. The molecule has 1 aliphatic heterocycles. The molecule has 0 fully saturated rings. The zero-order chi connectivity index (χ0) is 22.6. The lowest BCUT2D eigenvalue weighted by Crippen LogP contribution is -2.26. The van der Waals surface area contributed by atoms with Crippen molar-refractivity contribution in [3.63, 3.8) is 0 Å². The highest BCUT2D eigenvalue weighted by Crippen LogP contribution is 2.41. The Kier molecular flexibility index (Phi) is 4.94. The van der Waals surface area contributed by atoms with E-state index in [-0.39, 0.29) is 15.9 Å². The summed E-state index contributed by atoms with van der Waals surface area (Å²) in [4.78, 5) is 11.8. The van der Waals surface area contributed by atoms with Gasteiger partial charge in [0.2, 0.25) is 10.0 Å². The molecule has 0 radical (unpaired) electrons.